The molecule has 0 amide bonds. The molecule has 10 nitrogen and oxygen atoms in total. The number of furan rings is 1. The average molecular weight is 577 g/mol. The molecule has 0 spiro atoms. The van der Waals surface area contributed by atoms with Crippen LogP contribution in [0.5, 0.6) is 40.2 Å². The number of ketones is 2. The maximum Gasteiger partial charge on any atom is 0.205 e. The number of ether oxygens (including phenoxy) is 7. The van der Waals surface area contributed by atoms with Crippen molar-refractivity contribution < 1.29 is 47.2 Å². The van der Waals surface area contributed by atoms with Gasteiger partial charge in [-0.05, 0) is 37.1 Å². The molecule has 0 saturated heterocycles. The number of rotatable bonds is 12. The summed E-state index contributed by atoms with van der Waals surface area (Å²) in [5, 5.41) is 0.611. The molecule has 0 radical (unpaired) electrons. The zero-order valence-corrected chi connectivity index (χ0v) is 24.4. The van der Waals surface area contributed by atoms with Crippen LogP contribution in [0.25, 0.3) is 11.0 Å². The van der Waals surface area contributed by atoms with Gasteiger partial charge >= 0.3 is 0 Å². The van der Waals surface area contributed by atoms with Gasteiger partial charge < -0.3 is 37.6 Å². The molecule has 2 heterocycles. The fourth-order valence-corrected chi connectivity index (χ4v) is 5.31. The highest BCUT2D eigenvalue weighted by Gasteiger charge is 2.33. The molecule has 1 aromatic heterocycles. The predicted octanol–water partition coefficient (Wildman–Crippen LogP) is 5.97. The normalized spacial score (nSPS) is 12.0. The number of fused-ring (bicyclic) bond motifs is 2. The Hall–Kier alpha value is -4.86. The minimum atomic E-state index is -0.241. The lowest BCUT2D eigenvalue weighted by Crippen LogP contribution is -2.09. The van der Waals surface area contributed by atoms with Gasteiger partial charge in [-0.2, -0.15) is 0 Å². The van der Waals surface area contributed by atoms with Crippen molar-refractivity contribution in [2.45, 2.75) is 33.5 Å². The van der Waals surface area contributed by atoms with Gasteiger partial charge in [0, 0.05) is 12.0 Å². The first-order valence-corrected chi connectivity index (χ1v) is 13.3. The fraction of sp³-hybridized carbons (Fsp3) is 0.312. The van der Waals surface area contributed by atoms with E-state index in [1.165, 1.54) is 48.5 Å². The van der Waals surface area contributed by atoms with Gasteiger partial charge in [0.2, 0.25) is 11.5 Å². The molecule has 10 heteroatoms. The Kier molecular flexibility index (Phi) is 8.15. The van der Waals surface area contributed by atoms with Crippen molar-refractivity contribution in [2.75, 3.05) is 35.0 Å². The van der Waals surface area contributed by atoms with Crippen LogP contribution in [0, 0.1) is 0 Å². The van der Waals surface area contributed by atoms with Gasteiger partial charge in [-0.3, -0.25) is 9.59 Å². The third-order valence-corrected chi connectivity index (χ3v) is 7.07. The van der Waals surface area contributed by atoms with E-state index in [2.05, 4.69) is 0 Å². The standard InChI is InChI=1S/C32H32O10/c1-17(33)23-25(35-3)21-10-12-39-27(21)31(37-5)29(23)41-15-19-8-7-9-20(14-19)16-42-30-24(18(2)34)26(36-4)22-11-13-40-28(22)32(30)38-6/h7-10,12,14H,11,13,15-16H2,1-6H3. The number of carbonyl (C=O) groups is 2. The van der Waals surface area contributed by atoms with E-state index in [1.807, 2.05) is 24.3 Å². The Bertz CT molecular complexity index is 1670. The van der Waals surface area contributed by atoms with Crippen LogP contribution in [-0.4, -0.2) is 46.6 Å². The summed E-state index contributed by atoms with van der Waals surface area (Å²) < 4.78 is 46.3. The Balaban J connectivity index is 1.44. The first-order valence-electron chi connectivity index (χ1n) is 13.3. The molecule has 0 unspecified atom stereocenters. The molecule has 0 aliphatic carbocycles. The lowest BCUT2D eigenvalue weighted by atomic mass is 10.0. The number of hydrogen-bond donors (Lipinski definition) is 0. The number of benzene rings is 3. The van der Waals surface area contributed by atoms with Gasteiger partial charge in [-0.25, -0.2) is 0 Å². The monoisotopic (exact) mass is 576 g/mol. The van der Waals surface area contributed by atoms with E-state index in [0.29, 0.717) is 58.3 Å². The molecule has 3 aromatic carbocycles. The smallest absolute Gasteiger partial charge is 0.205 e. The van der Waals surface area contributed by atoms with Crippen LogP contribution >= 0.6 is 0 Å². The van der Waals surface area contributed by atoms with Crippen LogP contribution in [0.1, 0.15) is 51.3 Å². The topological polar surface area (TPSA) is 112 Å². The van der Waals surface area contributed by atoms with E-state index >= 15 is 0 Å². The van der Waals surface area contributed by atoms with Gasteiger partial charge in [0.15, 0.2) is 34.4 Å². The van der Waals surface area contributed by atoms with E-state index < -0.39 is 0 Å². The van der Waals surface area contributed by atoms with Gasteiger partial charge in [-0.1, -0.05) is 18.2 Å². The first kappa shape index (κ1) is 28.7. The molecule has 0 N–H and O–H groups in total. The highest BCUT2D eigenvalue weighted by Crippen LogP contribution is 2.51. The third kappa shape index (κ3) is 4.93. The fourth-order valence-electron chi connectivity index (χ4n) is 5.31. The van der Waals surface area contributed by atoms with Gasteiger partial charge in [0.05, 0.1) is 46.7 Å². The minimum absolute atomic E-state index is 0.113. The molecular formula is C32H32O10. The molecule has 4 aromatic rings. The Morgan fingerprint density at radius 3 is 1.88 bits per heavy atom. The zero-order chi connectivity index (χ0) is 30.0. The summed E-state index contributed by atoms with van der Waals surface area (Å²) in [6.07, 6.45) is 2.11. The molecule has 0 fully saturated rings. The predicted molar refractivity (Wildman–Crippen MR) is 153 cm³/mol. The number of hydrogen-bond acceptors (Lipinski definition) is 10. The SMILES string of the molecule is COc1c2c(c(OC)c(C(C)=O)c1OCc1cccc(COc3c(C(C)=O)c(OC)c4ccoc4c3OC)c1)CCO2. The highest BCUT2D eigenvalue weighted by molar-refractivity contribution is 6.08. The largest absolute Gasteiger partial charge is 0.495 e. The number of Topliss-reactive ketones (excluding diaryl/α,β-unsaturated/α-hetero) is 2. The molecule has 220 valence electrons. The van der Waals surface area contributed by atoms with Gasteiger partial charge in [0.25, 0.3) is 0 Å². The highest BCUT2D eigenvalue weighted by atomic mass is 16.5. The second-order valence-corrected chi connectivity index (χ2v) is 9.62. The van der Waals surface area contributed by atoms with Crippen LogP contribution in [0.2, 0.25) is 0 Å². The molecular weight excluding hydrogens is 544 g/mol. The quantitative estimate of drug-likeness (QED) is 0.187. The molecule has 0 saturated carbocycles. The second kappa shape index (κ2) is 11.9. The number of carbonyl (C=O) groups excluding carboxylic acids is 2. The van der Waals surface area contributed by atoms with Crippen molar-refractivity contribution in [3.8, 4) is 40.2 Å². The van der Waals surface area contributed by atoms with Crippen LogP contribution in [0.3, 0.4) is 0 Å². The molecule has 42 heavy (non-hydrogen) atoms. The number of methoxy groups -OCH3 is 4. The van der Waals surface area contributed by atoms with Gasteiger partial charge in [-0.15, -0.1) is 0 Å². The summed E-state index contributed by atoms with van der Waals surface area (Å²) >= 11 is 0. The van der Waals surface area contributed by atoms with Crippen molar-refractivity contribution in [3.05, 3.63) is 64.4 Å². The zero-order valence-electron chi connectivity index (χ0n) is 24.4. The van der Waals surface area contributed by atoms with Gasteiger partial charge in [0.1, 0.15) is 35.8 Å². The second-order valence-electron chi connectivity index (χ2n) is 9.62. The van der Waals surface area contributed by atoms with E-state index in [4.69, 9.17) is 37.6 Å². The van der Waals surface area contributed by atoms with E-state index in [-0.39, 0.29) is 41.8 Å². The molecule has 1 aliphatic heterocycles. The van der Waals surface area contributed by atoms with E-state index in [0.717, 1.165) is 16.7 Å². The van der Waals surface area contributed by atoms with Crippen molar-refractivity contribution in [2.24, 2.45) is 0 Å². The maximum atomic E-state index is 12.7. The summed E-state index contributed by atoms with van der Waals surface area (Å²) in [4.78, 5) is 25.4. The van der Waals surface area contributed by atoms with Crippen LogP contribution in [0.15, 0.2) is 41.0 Å². The molecule has 5 rings (SSSR count). The minimum Gasteiger partial charge on any atom is -0.495 e. The maximum absolute atomic E-state index is 12.7. The van der Waals surface area contributed by atoms with E-state index in [1.54, 1.807) is 6.07 Å². The van der Waals surface area contributed by atoms with E-state index in [9.17, 15) is 9.59 Å². The first-order chi connectivity index (χ1) is 20.3. The molecule has 0 bridgehead atoms. The van der Waals surface area contributed by atoms with Crippen molar-refractivity contribution >= 4 is 22.5 Å². The van der Waals surface area contributed by atoms with Crippen molar-refractivity contribution in [1.82, 2.24) is 0 Å². The van der Waals surface area contributed by atoms with Crippen molar-refractivity contribution in [1.29, 1.82) is 0 Å². The summed E-state index contributed by atoms with van der Waals surface area (Å²) in [5.74, 6) is 2.02. The summed E-state index contributed by atoms with van der Waals surface area (Å²) in [5.41, 5.74) is 3.39. The van der Waals surface area contributed by atoms with Crippen molar-refractivity contribution in [3.63, 3.8) is 0 Å². The summed E-state index contributed by atoms with van der Waals surface area (Å²) in [7, 11) is 6.01. The Morgan fingerprint density at radius 1 is 0.738 bits per heavy atom. The third-order valence-electron chi connectivity index (χ3n) is 7.07. The summed E-state index contributed by atoms with van der Waals surface area (Å²) in [6.45, 7) is 3.60. The molecule has 0 atom stereocenters. The lowest BCUT2D eigenvalue weighted by molar-refractivity contribution is 0.0996. The summed E-state index contributed by atoms with van der Waals surface area (Å²) in [6, 6.07) is 9.27. The van der Waals surface area contributed by atoms with Crippen LogP contribution in [0.4, 0.5) is 0 Å². The average Bonchev–Trinajstić information content (AvgIpc) is 3.67. The Morgan fingerprint density at radius 2 is 1.31 bits per heavy atom. The van der Waals surface area contributed by atoms with Crippen LogP contribution in [-0.2, 0) is 19.6 Å². The molecule has 1 aliphatic rings. The Labute approximate surface area is 243 Å². The van der Waals surface area contributed by atoms with Crippen LogP contribution < -0.4 is 33.2 Å². The lowest BCUT2D eigenvalue weighted by Gasteiger charge is -2.20.